The standard InChI is InChI=1S/C22H43N5O.HI/c1-6-23-22(24-15-20(26(4)5)14-17(2)3)25-19-12-13-27(16-19)21(28)18-10-8-7-9-11-18;/h17-20H,6-16H2,1-5H3,(H2,23,24,25);1H. The summed E-state index contributed by atoms with van der Waals surface area (Å²) in [6, 6.07) is 0.747. The third kappa shape index (κ3) is 8.99. The van der Waals surface area contributed by atoms with Crippen LogP contribution in [0.15, 0.2) is 4.99 Å². The van der Waals surface area contributed by atoms with E-state index in [0.717, 1.165) is 57.8 Å². The van der Waals surface area contributed by atoms with Crippen LogP contribution in [0.2, 0.25) is 0 Å². The van der Waals surface area contributed by atoms with E-state index in [1.54, 1.807) is 0 Å². The molecule has 2 rings (SSSR count). The SMILES string of the molecule is CCNC(=NCC(CC(C)C)N(C)C)NC1CCN(C(=O)C2CCCCC2)C1.I. The van der Waals surface area contributed by atoms with E-state index in [2.05, 4.69) is 55.3 Å². The molecule has 7 heteroatoms. The van der Waals surface area contributed by atoms with Gasteiger partial charge in [0.2, 0.25) is 5.91 Å². The van der Waals surface area contributed by atoms with Crippen LogP contribution < -0.4 is 10.6 Å². The van der Waals surface area contributed by atoms with Gasteiger partial charge in [0.25, 0.3) is 0 Å². The van der Waals surface area contributed by atoms with Gasteiger partial charge >= 0.3 is 0 Å². The number of aliphatic imine (C=N–C) groups is 1. The van der Waals surface area contributed by atoms with Crippen LogP contribution in [0.1, 0.15) is 65.7 Å². The number of nitrogens with zero attached hydrogens (tertiary/aromatic N) is 3. The van der Waals surface area contributed by atoms with Gasteiger partial charge in [-0.2, -0.15) is 0 Å². The minimum Gasteiger partial charge on any atom is -0.357 e. The predicted octanol–water partition coefficient (Wildman–Crippen LogP) is 3.32. The lowest BCUT2D eigenvalue weighted by molar-refractivity contribution is -0.135. The molecule has 0 aromatic heterocycles. The molecule has 1 saturated carbocycles. The first-order chi connectivity index (χ1) is 13.4. The smallest absolute Gasteiger partial charge is 0.225 e. The molecule has 0 radical (unpaired) electrons. The zero-order chi connectivity index (χ0) is 20.5. The van der Waals surface area contributed by atoms with E-state index in [1.807, 2.05) is 0 Å². The van der Waals surface area contributed by atoms with E-state index in [0.29, 0.717) is 23.9 Å². The van der Waals surface area contributed by atoms with Crippen LogP contribution in [0.25, 0.3) is 0 Å². The van der Waals surface area contributed by atoms with Gasteiger partial charge in [0.1, 0.15) is 0 Å². The zero-order valence-electron chi connectivity index (χ0n) is 19.2. The van der Waals surface area contributed by atoms with Crippen LogP contribution in [-0.4, -0.2) is 74.0 Å². The van der Waals surface area contributed by atoms with Gasteiger partial charge in [-0.3, -0.25) is 9.79 Å². The molecule has 29 heavy (non-hydrogen) atoms. The summed E-state index contributed by atoms with van der Waals surface area (Å²) >= 11 is 0. The van der Waals surface area contributed by atoms with Crippen molar-refractivity contribution in [2.24, 2.45) is 16.8 Å². The van der Waals surface area contributed by atoms with Crippen LogP contribution >= 0.6 is 24.0 Å². The molecular formula is C22H44IN5O. The van der Waals surface area contributed by atoms with E-state index in [-0.39, 0.29) is 29.9 Å². The van der Waals surface area contributed by atoms with Gasteiger partial charge < -0.3 is 20.4 Å². The quantitative estimate of drug-likeness (QED) is 0.292. The van der Waals surface area contributed by atoms with Gasteiger partial charge in [-0.05, 0) is 52.6 Å². The number of rotatable bonds is 8. The Balaban J connectivity index is 0.00000420. The highest BCUT2D eigenvalue weighted by Crippen LogP contribution is 2.26. The minimum absolute atomic E-state index is 0. The number of hydrogen-bond acceptors (Lipinski definition) is 3. The van der Waals surface area contributed by atoms with Crippen LogP contribution in [0.4, 0.5) is 0 Å². The first-order valence-electron chi connectivity index (χ1n) is 11.4. The number of hydrogen-bond donors (Lipinski definition) is 2. The van der Waals surface area contributed by atoms with E-state index < -0.39 is 0 Å². The fraction of sp³-hybridized carbons (Fsp3) is 0.909. The highest BCUT2D eigenvalue weighted by molar-refractivity contribution is 14.0. The van der Waals surface area contributed by atoms with Crippen molar-refractivity contribution in [3.63, 3.8) is 0 Å². The molecule has 2 unspecified atom stereocenters. The Hall–Kier alpha value is -0.570. The van der Waals surface area contributed by atoms with Crippen LogP contribution in [-0.2, 0) is 4.79 Å². The molecule has 2 aliphatic rings. The molecule has 0 bridgehead atoms. The Labute approximate surface area is 195 Å². The van der Waals surface area contributed by atoms with Gasteiger partial charge in [0.05, 0.1) is 6.54 Å². The number of halogens is 1. The second-order valence-electron chi connectivity index (χ2n) is 9.22. The monoisotopic (exact) mass is 521 g/mol. The average Bonchev–Trinajstić information content (AvgIpc) is 3.13. The third-order valence-electron chi connectivity index (χ3n) is 6.07. The second kappa shape index (κ2) is 13.7. The Kier molecular flexibility index (Phi) is 12.5. The summed E-state index contributed by atoms with van der Waals surface area (Å²) in [6.07, 6.45) is 8.04. The summed E-state index contributed by atoms with van der Waals surface area (Å²) in [5, 5.41) is 6.96. The van der Waals surface area contributed by atoms with Crippen molar-refractivity contribution >= 4 is 35.8 Å². The number of amides is 1. The number of likely N-dealkylation sites (tertiary alicyclic amines) is 1. The highest BCUT2D eigenvalue weighted by atomic mass is 127. The summed E-state index contributed by atoms with van der Waals surface area (Å²) in [7, 11) is 4.27. The number of guanidine groups is 1. The molecule has 1 saturated heterocycles. The van der Waals surface area contributed by atoms with Gasteiger partial charge in [-0.15, -0.1) is 24.0 Å². The van der Waals surface area contributed by atoms with Crippen molar-refractivity contribution in [1.82, 2.24) is 20.4 Å². The summed E-state index contributed by atoms with van der Waals surface area (Å²) < 4.78 is 0. The maximum absolute atomic E-state index is 12.8. The lowest BCUT2D eigenvalue weighted by Crippen LogP contribution is -2.46. The Bertz CT molecular complexity index is 505. The second-order valence-corrected chi connectivity index (χ2v) is 9.22. The zero-order valence-corrected chi connectivity index (χ0v) is 21.6. The predicted molar refractivity (Wildman–Crippen MR) is 133 cm³/mol. The van der Waals surface area contributed by atoms with Crippen LogP contribution in [0.3, 0.4) is 0 Å². The average molecular weight is 522 g/mol. The molecule has 0 aromatic rings. The van der Waals surface area contributed by atoms with Crippen LogP contribution in [0.5, 0.6) is 0 Å². The molecule has 1 amide bonds. The molecule has 170 valence electrons. The number of carbonyl (C=O) groups is 1. The normalized spacial score (nSPS) is 22.0. The summed E-state index contributed by atoms with van der Waals surface area (Å²) in [4.78, 5) is 22.0. The topological polar surface area (TPSA) is 60.0 Å². The summed E-state index contributed by atoms with van der Waals surface area (Å²) in [5.74, 6) is 2.20. The highest BCUT2D eigenvalue weighted by Gasteiger charge is 2.31. The van der Waals surface area contributed by atoms with Gasteiger partial charge in [-0.25, -0.2) is 0 Å². The summed E-state index contributed by atoms with van der Waals surface area (Å²) in [5.41, 5.74) is 0. The first-order valence-corrected chi connectivity index (χ1v) is 11.4. The fourth-order valence-corrected chi connectivity index (χ4v) is 4.39. The van der Waals surface area contributed by atoms with Crippen molar-refractivity contribution in [1.29, 1.82) is 0 Å². The number of likely N-dealkylation sites (N-methyl/N-ethyl adjacent to an activating group) is 1. The molecule has 1 aliphatic heterocycles. The minimum atomic E-state index is 0. The van der Waals surface area contributed by atoms with Crippen molar-refractivity contribution in [3.8, 4) is 0 Å². The van der Waals surface area contributed by atoms with Crippen molar-refractivity contribution in [2.45, 2.75) is 77.8 Å². The largest absolute Gasteiger partial charge is 0.357 e. The molecule has 2 N–H and O–H groups in total. The maximum atomic E-state index is 12.8. The molecule has 6 nitrogen and oxygen atoms in total. The lowest BCUT2D eigenvalue weighted by atomic mass is 9.88. The molecule has 2 atom stereocenters. The fourth-order valence-electron chi connectivity index (χ4n) is 4.39. The molecule has 1 heterocycles. The van der Waals surface area contributed by atoms with Gasteiger partial charge in [0, 0.05) is 37.6 Å². The van der Waals surface area contributed by atoms with Gasteiger partial charge in [0.15, 0.2) is 5.96 Å². The Morgan fingerprint density at radius 2 is 1.86 bits per heavy atom. The number of nitrogens with one attached hydrogen (secondary N) is 2. The molecular weight excluding hydrogens is 477 g/mol. The lowest BCUT2D eigenvalue weighted by Gasteiger charge is -2.27. The maximum Gasteiger partial charge on any atom is 0.225 e. The van der Waals surface area contributed by atoms with E-state index >= 15 is 0 Å². The van der Waals surface area contributed by atoms with Crippen LogP contribution in [0, 0.1) is 11.8 Å². The van der Waals surface area contributed by atoms with E-state index in [4.69, 9.17) is 4.99 Å². The Morgan fingerprint density at radius 3 is 2.45 bits per heavy atom. The summed E-state index contributed by atoms with van der Waals surface area (Å²) in [6.45, 7) is 9.95. The number of carbonyl (C=O) groups excluding carboxylic acids is 1. The van der Waals surface area contributed by atoms with Crippen molar-refractivity contribution in [3.05, 3.63) is 0 Å². The first kappa shape index (κ1) is 26.5. The van der Waals surface area contributed by atoms with Crippen molar-refractivity contribution < 1.29 is 4.79 Å². The van der Waals surface area contributed by atoms with Gasteiger partial charge in [-0.1, -0.05) is 33.1 Å². The third-order valence-corrected chi connectivity index (χ3v) is 6.07. The molecule has 0 spiro atoms. The van der Waals surface area contributed by atoms with E-state index in [1.165, 1.54) is 19.3 Å². The van der Waals surface area contributed by atoms with Crippen molar-refractivity contribution in [2.75, 3.05) is 40.3 Å². The molecule has 1 aliphatic carbocycles. The van der Waals surface area contributed by atoms with E-state index in [9.17, 15) is 4.79 Å². The molecule has 2 fully saturated rings. The Morgan fingerprint density at radius 1 is 1.17 bits per heavy atom. The molecule has 0 aromatic carbocycles.